The first-order chi connectivity index (χ1) is 32.7. The van der Waals surface area contributed by atoms with E-state index in [9.17, 15) is 55.6 Å². The molecule has 372 valence electrons. The highest BCUT2D eigenvalue weighted by Crippen LogP contribution is 2.28. The van der Waals surface area contributed by atoms with Crippen LogP contribution >= 0.6 is 11.3 Å². The summed E-state index contributed by atoms with van der Waals surface area (Å²) >= 11 is 0.360. The summed E-state index contributed by atoms with van der Waals surface area (Å²) in [5.41, 5.74) is 0.355. The predicted molar refractivity (Wildman–Crippen MR) is 242 cm³/mol. The highest BCUT2D eigenvalue weighted by Gasteiger charge is 2.37. The van der Waals surface area contributed by atoms with Crippen LogP contribution in [0.3, 0.4) is 0 Å². The summed E-state index contributed by atoms with van der Waals surface area (Å²) in [6.45, 7) is 5.93. The third-order valence-electron chi connectivity index (χ3n) is 10.9. The molecule has 26 heteroatoms. The second kappa shape index (κ2) is 26.0. The fourth-order valence-corrected chi connectivity index (χ4v) is 8.99. The Bertz CT molecular complexity index is 2470. The number of sulfonamides is 1. The SMILES string of the molecule is CCC(C)C(NC(=O)C(CC(C)C)NC(=O)c1cnccn1)C(=O)NC(CC1CCCCC1)C(=O)NC(CC(F)F)C(=O)C(=O)NCC(=O)NS(=O)(=O)c1nnc(NC(=O)c2ccc(C#N)cc2)s1. The van der Waals surface area contributed by atoms with Crippen molar-refractivity contribution in [2.45, 2.75) is 120 Å². The van der Waals surface area contributed by atoms with Crippen LogP contribution in [-0.4, -0.2) is 113 Å². The lowest BCUT2D eigenvalue weighted by molar-refractivity contribution is -0.141. The van der Waals surface area contributed by atoms with Gasteiger partial charge in [-0.3, -0.25) is 48.7 Å². The van der Waals surface area contributed by atoms with Gasteiger partial charge < -0.3 is 26.6 Å². The van der Waals surface area contributed by atoms with Gasteiger partial charge in [0, 0.05) is 24.4 Å². The Morgan fingerprint density at radius 3 is 2.10 bits per heavy atom. The minimum absolute atomic E-state index is 0.0128. The monoisotopic (exact) mass is 1000 g/mol. The summed E-state index contributed by atoms with van der Waals surface area (Å²) in [5.74, 6) is -9.37. The van der Waals surface area contributed by atoms with E-state index in [0.717, 1.165) is 19.3 Å². The standard InChI is InChI=1S/C43H54F2N12O10S2/c1-5-24(4)34(53-38(62)29(17-23(2)3)51-39(63)31-21-47-15-16-48-31)40(64)52-30(18-25-9-7-6-8-10-25)37(61)50-28(19-32(44)45)35(59)41(65)49-22-33(58)57-69(66,67)43-56-55-42(68-43)54-36(60)27-13-11-26(20-46)12-14-27/h11-16,21,23-25,28-30,32,34H,5-10,17-19,22H2,1-4H3,(H,49,65)(H,50,61)(H,51,63)(H,52,64)(H,53,62)(H,57,58)(H,54,55,60). The molecule has 69 heavy (non-hydrogen) atoms. The highest BCUT2D eigenvalue weighted by molar-refractivity contribution is 7.92. The number of aromatic nitrogens is 4. The number of amides is 7. The van der Waals surface area contributed by atoms with Crippen LogP contribution in [-0.2, 0) is 38.8 Å². The molecule has 1 fully saturated rings. The Kier molecular flexibility index (Phi) is 20.6. The molecule has 22 nitrogen and oxygen atoms in total. The van der Waals surface area contributed by atoms with Gasteiger partial charge in [0.2, 0.25) is 35.1 Å². The number of nitrogens with one attached hydrogen (secondary N) is 7. The minimum Gasteiger partial charge on any atom is -0.344 e. The van der Waals surface area contributed by atoms with E-state index in [0.29, 0.717) is 30.6 Å². The second-order valence-electron chi connectivity index (χ2n) is 16.7. The average Bonchev–Trinajstić information content (AvgIpc) is 3.81. The Balaban J connectivity index is 1.43. The summed E-state index contributed by atoms with van der Waals surface area (Å²) in [7, 11) is -4.75. The van der Waals surface area contributed by atoms with Crippen LogP contribution in [0.5, 0.6) is 0 Å². The second-order valence-corrected chi connectivity index (χ2v) is 19.5. The predicted octanol–water partition coefficient (Wildman–Crippen LogP) is 1.91. The molecule has 2 aromatic heterocycles. The zero-order valence-corrected chi connectivity index (χ0v) is 39.8. The number of hydrogen-bond acceptors (Lipinski definition) is 16. The molecule has 1 aliphatic carbocycles. The van der Waals surface area contributed by atoms with E-state index in [1.165, 1.54) is 42.9 Å². The largest absolute Gasteiger partial charge is 0.344 e. The van der Waals surface area contributed by atoms with Crippen LogP contribution in [0.25, 0.3) is 0 Å². The molecule has 7 amide bonds. The first kappa shape index (κ1) is 54.7. The molecule has 5 unspecified atom stereocenters. The molecule has 0 spiro atoms. The van der Waals surface area contributed by atoms with Crippen LogP contribution < -0.4 is 36.6 Å². The van der Waals surface area contributed by atoms with Crippen molar-refractivity contribution in [2.75, 3.05) is 11.9 Å². The van der Waals surface area contributed by atoms with E-state index in [1.807, 2.05) is 25.2 Å². The minimum atomic E-state index is -4.75. The number of alkyl halides is 2. The highest BCUT2D eigenvalue weighted by atomic mass is 32.2. The van der Waals surface area contributed by atoms with Gasteiger partial charge in [-0.15, -0.1) is 10.2 Å². The van der Waals surface area contributed by atoms with Crippen LogP contribution in [0.15, 0.2) is 47.2 Å². The number of Topliss-reactive ketones (excluding diaryl/α,β-unsaturated/α-hetero) is 1. The molecule has 2 heterocycles. The molecule has 1 aromatic carbocycles. The molecular weight excluding hydrogens is 947 g/mol. The fourth-order valence-electron chi connectivity index (χ4n) is 7.11. The number of nitriles is 1. The maximum absolute atomic E-state index is 14.1. The molecule has 4 rings (SSSR count). The van der Waals surface area contributed by atoms with E-state index in [1.54, 1.807) is 18.6 Å². The van der Waals surface area contributed by atoms with Crippen molar-refractivity contribution < 1.29 is 55.6 Å². The van der Waals surface area contributed by atoms with Crippen LogP contribution in [0.2, 0.25) is 0 Å². The van der Waals surface area contributed by atoms with Gasteiger partial charge >= 0.3 is 0 Å². The van der Waals surface area contributed by atoms with Crippen molar-refractivity contribution in [2.24, 2.45) is 17.8 Å². The van der Waals surface area contributed by atoms with Gasteiger partial charge in [-0.2, -0.15) is 13.7 Å². The van der Waals surface area contributed by atoms with Crippen LogP contribution in [0.1, 0.15) is 112 Å². The van der Waals surface area contributed by atoms with Gasteiger partial charge in [0.05, 0.1) is 24.4 Å². The number of carbonyl (C=O) groups excluding carboxylic acids is 8. The first-order valence-corrected chi connectivity index (χ1v) is 24.3. The number of nitrogens with zero attached hydrogens (tertiary/aromatic N) is 5. The van der Waals surface area contributed by atoms with Gasteiger partial charge in [0.1, 0.15) is 29.9 Å². The summed E-state index contributed by atoms with van der Waals surface area (Å²) in [4.78, 5) is 114. The molecular formula is C43H54F2N12O10S2. The Morgan fingerprint density at radius 1 is 0.826 bits per heavy atom. The van der Waals surface area contributed by atoms with E-state index < -0.39 is 111 Å². The van der Waals surface area contributed by atoms with Crippen molar-refractivity contribution in [3.05, 3.63) is 59.7 Å². The molecule has 3 aromatic rings. The van der Waals surface area contributed by atoms with Crippen LogP contribution in [0, 0.1) is 29.1 Å². The summed E-state index contributed by atoms with van der Waals surface area (Å²) in [6, 6.07) is 1.36. The number of carbonyl (C=O) groups is 8. The first-order valence-electron chi connectivity index (χ1n) is 22.0. The zero-order valence-electron chi connectivity index (χ0n) is 38.1. The number of rotatable bonds is 24. The summed E-state index contributed by atoms with van der Waals surface area (Å²) in [5, 5.41) is 30.0. The van der Waals surface area contributed by atoms with Gasteiger partial charge in [0.25, 0.3) is 38.0 Å². The van der Waals surface area contributed by atoms with Gasteiger partial charge in [-0.1, -0.05) is 77.6 Å². The molecule has 1 aliphatic rings. The Morgan fingerprint density at radius 2 is 1.49 bits per heavy atom. The van der Waals surface area contributed by atoms with Crippen molar-refractivity contribution in [3.8, 4) is 6.07 Å². The maximum Gasteiger partial charge on any atom is 0.293 e. The molecule has 0 bridgehead atoms. The van der Waals surface area contributed by atoms with Crippen molar-refractivity contribution in [1.82, 2.24) is 51.5 Å². The fraction of sp³-hybridized carbons (Fsp3) is 0.512. The quantitative estimate of drug-likeness (QED) is 0.0498. The molecule has 0 aliphatic heterocycles. The average molecular weight is 1000 g/mol. The molecule has 1 saturated carbocycles. The number of anilines is 1. The lowest BCUT2D eigenvalue weighted by Gasteiger charge is -2.31. The number of ketones is 1. The number of hydrogen-bond donors (Lipinski definition) is 7. The lowest BCUT2D eigenvalue weighted by Crippen LogP contribution is -2.60. The molecule has 5 atom stereocenters. The Labute approximate surface area is 400 Å². The molecule has 0 radical (unpaired) electrons. The third-order valence-corrected chi connectivity index (χ3v) is 13.5. The number of halogens is 2. The van der Waals surface area contributed by atoms with E-state index in [-0.39, 0.29) is 46.6 Å². The van der Waals surface area contributed by atoms with E-state index >= 15 is 0 Å². The number of benzene rings is 1. The smallest absolute Gasteiger partial charge is 0.293 e. The van der Waals surface area contributed by atoms with Crippen molar-refractivity contribution in [3.63, 3.8) is 0 Å². The lowest BCUT2D eigenvalue weighted by atomic mass is 9.84. The third kappa shape index (κ3) is 17.0. The van der Waals surface area contributed by atoms with Gasteiger partial charge in [0.15, 0.2) is 0 Å². The maximum atomic E-state index is 14.1. The Hall–Kier alpha value is -6.88. The normalized spacial score (nSPS) is 15.0. The summed E-state index contributed by atoms with van der Waals surface area (Å²) < 4.78 is 54.3. The van der Waals surface area contributed by atoms with Gasteiger partial charge in [-0.25, -0.2) is 18.5 Å². The van der Waals surface area contributed by atoms with E-state index in [4.69, 9.17) is 5.26 Å². The molecule has 0 saturated heterocycles. The zero-order chi connectivity index (χ0) is 50.8. The van der Waals surface area contributed by atoms with Crippen LogP contribution in [0.4, 0.5) is 13.9 Å². The van der Waals surface area contributed by atoms with Crippen molar-refractivity contribution in [1.29, 1.82) is 5.26 Å². The van der Waals surface area contributed by atoms with Gasteiger partial charge in [-0.05, 0) is 54.9 Å². The topological polar surface area (TPSA) is 330 Å². The molecule has 7 N–H and O–H groups in total. The van der Waals surface area contributed by atoms with Crippen molar-refractivity contribution >= 4 is 73.6 Å². The van der Waals surface area contributed by atoms with E-state index in [2.05, 4.69) is 46.7 Å². The summed E-state index contributed by atoms with van der Waals surface area (Å²) in [6.07, 6.45) is 3.77.